The van der Waals surface area contributed by atoms with Crippen molar-refractivity contribution in [3.63, 3.8) is 0 Å². The molecule has 1 unspecified atom stereocenters. The normalized spacial score (nSPS) is 18.4. The van der Waals surface area contributed by atoms with Gasteiger partial charge in [-0.3, -0.25) is 9.59 Å². The van der Waals surface area contributed by atoms with Crippen LogP contribution >= 0.6 is 0 Å². The molecule has 22 heavy (non-hydrogen) atoms. The van der Waals surface area contributed by atoms with Crippen molar-refractivity contribution in [3.05, 3.63) is 35.9 Å². The molecule has 120 valence electrons. The van der Waals surface area contributed by atoms with Crippen molar-refractivity contribution in [2.24, 2.45) is 0 Å². The first-order valence-corrected chi connectivity index (χ1v) is 7.73. The van der Waals surface area contributed by atoms with Crippen molar-refractivity contribution in [2.45, 2.75) is 44.1 Å². The van der Waals surface area contributed by atoms with Crippen LogP contribution in [-0.4, -0.2) is 35.7 Å². The minimum Gasteiger partial charge on any atom is -0.481 e. The number of rotatable bonds is 6. The Morgan fingerprint density at radius 1 is 1.27 bits per heavy atom. The fraction of sp³-hybridized carbons (Fsp3) is 0.529. The largest absolute Gasteiger partial charge is 0.481 e. The quantitative estimate of drug-likeness (QED) is 0.845. The lowest BCUT2D eigenvalue weighted by Crippen LogP contribution is -2.54. The topological polar surface area (TPSA) is 75.6 Å². The Balaban J connectivity index is 2.14. The number of hydrogen-bond donors (Lipinski definition) is 2. The molecule has 5 heteroatoms. The van der Waals surface area contributed by atoms with Crippen LogP contribution < -0.4 is 5.32 Å². The molecular formula is C17H23NO4. The fourth-order valence-electron chi connectivity index (χ4n) is 3.00. The second kappa shape index (κ2) is 7.40. The minimum atomic E-state index is -0.894. The van der Waals surface area contributed by atoms with E-state index in [0.717, 1.165) is 5.56 Å². The van der Waals surface area contributed by atoms with E-state index in [9.17, 15) is 9.59 Å². The predicted octanol–water partition coefficient (Wildman–Crippen LogP) is 2.32. The molecular weight excluding hydrogens is 282 g/mol. The number of carboxylic acids is 1. The SMILES string of the molecule is CCC(C(=O)NC1(CC(=O)O)CCOCC1)c1ccccc1. The average molecular weight is 305 g/mol. The summed E-state index contributed by atoms with van der Waals surface area (Å²) in [5.41, 5.74) is 0.267. The first-order valence-electron chi connectivity index (χ1n) is 7.73. The molecule has 2 rings (SSSR count). The van der Waals surface area contributed by atoms with E-state index in [-0.39, 0.29) is 18.2 Å². The molecule has 1 saturated heterocycles. The predicted molar refractivity (Wildman–Crippen MR) is 82.7 cm³/mol. The second-order valence-electron chi connectivity index (χ2n) is 5.82. The summed E-state index contributed by atoms with van der Waals surface area (Å²) in [6, 6.07) is 9.60. The number of carbonyl (C=O) groups is 2. The third kappa shape index (κ3) is 4.07. The van der Waals surface area contributed by atoms with Crippen molar-refractivity contribution in [1.82, 2.24) is 5.32 Å². The average Bonchev–Trinajstić information content (AvgIpc) is 2.49. The number of nitrogens with one attached hydrogen (secondary N) is 1. The van der Waals surface area contributed by atoms with E-state index >= 15 is 0 Å². The third-order valence-electron chi connectivity index (χ3n) is 4.25. The molecule has 0 radical (unpaired) electrons. The lowest BCUT2D eigenvalue weighted by atomic mass is 9.85. The summed E-state index contributed by atoms with van der Waals surface area (Å²) >= 11 is 0. The molecule has 1 amide bonds. The van der Waals surface area contributed by atoms with Crippen molar-refractivity contribution in [3.8, 4) is 0 Å². The van der Waals surface area contributed by atoms with Gasteiger partial charge in [-0.25, -0.2) is 0 Å². The molecule has 0 aromatic heterocycles. The molecule has 0 spiro atoms. The van der Waals surface area contributed by atoms with E-state index in [0.29, 0.717) is 32.5 Å². The Hall–Kier alpha value is -1.88. The van der Waals surface area contributed by atoms with Gasteiger partial charge in [0.2, 0.25) is 5.91 Å². The van der Waals surface area contributed by atoms with Crippen molar-refractivity contribution < 1.29 is 19.4 Å². The van der Waals surface area contributed by atoms with Gasteiger partial charge in [-0.05, 0) is 24.8 Å². The van der Waals surface area contributed by atoms with Crippen molar-refractivity contribution in [2.75, 3.05) is 13.2 Å². The van der Waals surface area contributed by atoms with E-state index in [2.05, 4.69) is 5.32 Å². The van der Waals surface area contributed by atoms with Gasteiger partial charge in [0.25, 0.3) is 0 Å². The Kier molecular flexibility index (Phi) is 5.55. The van der Waals surface area contributed by atoms with Crippen molar-refractivity contribution in [1.29, 1.82) is 0 Å². The molecule has 1 aliphatic rings. The van der Waals surface area contributed by atoms with E-state index in [4.69, 9.17) is 9.84 Å². The van der Waals surface area contributed by atoms with Gasteiger partial charge in [0.05, 0.1) is 17.9 Å². The number of carbonyl (C=O) groups excluding carboxylic acids is 1. The van der Waals surface area contributed by atoms with Gasteiger partial charge in [-0.1, -0.05) is 37.3 Å². The lowest BCUT2D eigenvalue weighted by molar-refractivity contribution is -0.140. The number of ether oxygens (including phenoxy) is 1. The highest BCUT2D eigenvalue weighted by molar-refractivity contribution is 5.85. The van der Waals surface area contributed by atoms with Crippen LogP contribution in [0.1, 0.15) is 44.1 Å². The summed E-state index contributed by atoms with van der Waals surface area (Å²) in [4.78, 5) is 23.9. The van der Waals surface area contributed by atoms with E-state index in [1.807, 2.05) is 37.3 Å². The van der Waals surface area contributed by atoms with Crippen LogP contribution in [-0.2, 0) is 14.3 Å². The highest BCUT2D eigenvalue weighted by Crippen LogP contribution is 2.27. The van der Waals surface area contributed by atoms with E-state index in [1.165, 1.54) is 0 Å². The first kappa shape index (κ1) is 16.5. The Bertz CT molecular complexity index is 509. The van der Waals surface area contributed by atoms with Gasteiger partial charge >= 0.3 is 5.97 Å². The lowest BCUT2D eigenvalue weighted by Gasteiger charge is -2.37. The van der Waals surface area contributed by atoms with Crippen molar-refractivity contribution >= 4 is 11.9 Å². The Morgan fingerprint density at radius 2 is 1.91 bits per heavy atom. The van der Waals surface area contributed by atoms with Gasteiger partial charge in [0, 0.05) is 13.2 Å². The van der Waals surface area contributed by atoms with Gasteiger partial charge in [0.1, 0.15) is 0 Å². The van der Waals surface area contributed by atoms with E-state index in [1.54, 1.807) is 0 Å². The maximum Gasteiger partial charge on any atom is 0.305 e. The summed E-state index contributed by atoms with van der Waals surface area (Å²) in [6.45, 7) is 2.93. The highest BCUT2D eigenvalue weighted by Gasteiger charge is 2.37. The molecule has 0 saturated carbocycles. The molecule has 1 aromatic rings. The third-order valence-corrected chi connectivity index (χ3v) is 4.25. The van der Waals surface area contributed by atoms with Crippen LogP contribution in [0.4, 0.5) is 0 Å². The molecule has 1 atom stereocenters. The Labute approximate surface area is 130 Å². The zero-order valence-electron chi connectivity index (χ0n) is 12.9. The molecule has 1 aliphatic heterocycles. The molecule has 0 bridgehead atoms. The second-order valence-corrected chi connectivity index (χ2v) is 5.82. The summed E-state index contributed by atoms with van der Waals surface area (Å²) in [7, 11) is 0. The maximum atomic E-state index is 12.7. The summed E-state index contributed by atoms with van der Waals surface area (Å²) < 4.78 is 5.32. The molecule has 5 nitrogen and oxygen atoms in total. The number of aliphatic carboxylic acids is 1. The van der Waals surface area contributed by atoms with Crippen LogP contribution in [0.25, 0.3) is 0 Å². The number of carboxylic acid groups (broad SMARTS) is 1. The van der Waals surface area contributed by atoms with Gasteiger partial charge in [-0.2, -0.15) is 0 Å². The number of hydrogen-bond acceptors (Lipinski definition) is 3. The Morgan fingerprint density at radius 3 is 2.45 bits per heavy atom. The van der Waals surface area contributed by atoms with Crippen LogP contribution in [0.3, 0.4) is 0 Å². The van der Waals surface area contributed by atoms with E-state index < -0.39 is 11.5 Å². The van der Waals surface area contributed by atoms with Crippen LogP contribution in [0.5, 0.6) is 0 Å². The number of amides is 1. The zero-order chi connectivity index (χ0) is 16.0. The zero-order valence-corrected chi connectivity index (χ0v) is 12.9. The molecule has 1 heterocycles. The maximum absolute atomic E-state index is 12.7. The molecule has 1 aromatic carbocycles. The molecule has 2 N–H and O–H groups in total. The monoisotopic (exact) mass is 305 g/mol. The number of benzene rings is 1. The van der Waals surface area contributed by atoms with Crippen LogP contribution in [0.2, 0.25) is 0 Å². The van der Waals surface area contributed by atoms with Gasteiger partial charge < -0.3 is 15.2 Å². The highest BCUT2D eigenvalue weighted by atomic mass is 16.5. The molecule has 0 aliphatic carbocycles. The van der Waals surface area contributed by atoms with Gasteiger partial charge in [0.15, 0.2) is 0 Å². The summed E-state index contributed by atoms with van der Waals surface area (Å²) in [5.74, 6) is -1.25. The first-order chi connectivity index (χ1) is 10.6. The minimum absolute atomic E-state index is 0.0622. The summed E-state index contributed by atoms with van der Waals surface area (Å²) in [6.07, 6.45) is 1.69. The molecule has 1 fully saturated rings. The standard InChI is InChI=1S/C17H23NO4/c1-2-14(13-6-4-3-5-7-13)16(21)18-17(12-15(19)20)8-10-22-11-9-17/h3-7,14H,2,8-12H2,1H3,(H,18,21)(H,19,20). The smallest absolute Gasteiger partial charge is 0.305 e. The summed E-state index contributed by atoms with van der Waals surface area (Å²) in [5, 5.41) is 12.2. The van der Waals surface area contributed by atoms with Gasteiger partial charge in [-0.15, -0.1) is 0 Å². The fourth-order valence-corrected chi connectivity index (χ4v) is 3.00. The van der Waals surface area contributed by atoms with Crippen LogP contribution in [0, 0.1) is 0 Å². The van der Waals surface area contributed by atoms with Crippen LogP contribution in [0.15, 0.2) is 30.3 Å².